The average Bonchev–Trinajstić information content (AvgIpc) is 2.62. The number of rotatable bonds is 7. The fourth-order valence-corrected chi connectivity index (χ4v) is 2.50. The molecule has 0 saturated heterocycles. The summed E-state index contributed by atoms with van der Waals surface area (Å²) >= 11 is 0. The van der Waals surface area contributed by atoms with Gasteiger partial charge in [-0.2, -0.15) is 0 Å². The minimum absolute atomic E-state index is 0.0247. The lowest BCUT2D eigenvalue weighted by atomic mass is 10.1. The van der Waals surface area contributed by atoms with Crippen molar-refractivity contribution >= 4 is 11.8 Å². The van der Waals surface area contributed by atoms with E-state index in [0.29, 0.717) is 25.6 Å². The van der Waals surface area contributed by atoms with Crippen molar-refractivity contribution in [2.45, 2.75) is 70.9 Å². The zero-order valence-corrected chi connectivity index (χ0v) is 12.8. The van der Waals surface area contributed by atoms with Crippen LogP contribution in [0.2, 0.25) is 0 Å². The SMILES string of the molecule is CC(C)NC(=O)CCNCC(=O)NC1CCCCCC1. The highest BCUT2D eigenvalue weighted by molar-refractivity contribution is 5.78. The van der Waals surface area contributed by atoms with Gasteiger partial charge in [0.2, 0.25) is 11.8 Å². The summed E-state index contributed by atoms with van der Waals surface area (Å²) in [6.07, 6.45) is 7.62. The molecule has 0 aromatic rings. The highest BCUT2D eigenvalue weighted by Crippen LogP contribution is 2.16. The zero-order valence-electron chi connectivity index (χ0n) is 12.8. The van der Waals surface area contributed by atoms with Crippen molar-refractivity contribution in [1.29, 1.82) is 0 Å². The topological polar surface area (TPSA) is 70.2 Å². The Morgan fingerprint density at radius 3 is 2.30 bits per heavy atom. The van der Waals surface area contributed by atoms with E-state index >= 15 is 0 Å². The summed E-state index contributed by atoms with van der Waals surface area (Å²) in [7, 11) is 0. The molecule has 1 rings (SSSR count). The van der Waals surface area contributed by atoms with Gasteiger partial charge in [-0.25, -0.2) is 0 Å². The van der Waals surface area contributed by atoms with Crippen molar-refractivity contribution in [2.24, 2.45) is 0 Å². The molecule has 3 N–H and O–H groups in total. The third kappa shape index (κ3) is 8.15. The summed E-state index contributed by atoms with van der Waals surface area (Å²) in [4.78, 5) is 23.2. The van der Waals surface area contributed by atoms with Gasteiger partial charge >= 0.3 is 0 Å². The van der Waals surface area contributed by atoms with Crippen LogP contribution < -0.4 is 16.0 Å². The summed E-state index contributed by atoms with van der Waals surface area (Å²) < 4.78 is 0. The van der Waals surface area contributed by atoms with Gasteiger partial charge in [0, 0.05) is 25.0 Å². The van der Waals surface area contributed by atoms with Crippen LogP contribution >= 0.6 is 0 Å². The zero-order chi connectivity index (χ0) is 14.8. The minimum atomic E-state index is 0.0247. The minimum Gasteiger partial charge on any atom is -0.354 e. The first-order valence-corrected chi connectivity index (χ1v) is 7.87. The van der Waals surface area contributed by atoms with Crippen LogP contribution in [0.1, 0.15) is 58.8 Å². The van der Waals surface area contributed by atoms with Crippen molar-refractivity contribution in [3.05, 3.63) is 0 Å². The second kappa shape index (κ2) is 9.75. The molecule has 20 heavy (non-hydrogen) atoms. The molecule has 0 spiro atoms. The molecule has 1 saturated carbocycles. The standard InChI is InChI=1S/C15H29N3O2/c1-12(2)17-14(19)9-10-16-11-15(20)18-13-7-5-3-4-6-8-13/h12-13,16H,3-11H2,1-2H3,(H,17,19)(H,18,20). The van der Waals surface area contributed by atoms with E-state index in [1.807, 2.05) is 13.8 Å². The van der Waals surface area contributed by atoms with Crippen molar-refractivity contribution < 1.29 is 9.59 Å². The Kier molecular flexibility index (Phi) is 8.26. The molecule has 1 fully saturated rings. The van der Waals surface area contributed by atoms with Gasteiger partial charge in [0.15, 0.2) is 0 Å². The molecule has 1 aliphatic rings. The average molecular weight is 283 g/mol. The summed E-state index contributed by atoms with van der Waals surface area (Å²) in [5, 5.41) is 8.92. The van der Waals surface area contributed by atoms with E-state index < -0.39 is 0 Å². The van der Waals surface area contributed by atoms with E-state index in [0.717, 1.165) is 12.8 Å². The van der Waals surface area contributed by atoms with E-state index in [1.54, 1.807) is 0 Å². The van der Waals surface area contributed by atoms with Gasteiger partial charge in [-0.05, 0) is 26.7 Å². The maximum atomic E-state index is 11.8. The number of carbonyl (C=O) groups is 2. The van der Waals surface area contributed by atoms with Crippen molar-refractivity contribution in [3.8, 4) is 0 Å². The Morgan fingerprint density at radius 1 is 1.05 bits per heavy atom. The Labute approximate surface area is 122 Å². The van der Waals surface area contributed by atoms with Gasteiger partial charge in [-0.3, -0.25) is 9.59 Å². The summed E-state index contributed by atoms with van der Waals surface area (Å²) in [6, 6.07) is 0.511. The Morgan fingerprint density at radius 2 is 1.70 bits per heavy atom. The first-order valence-electron chi connectivity index (χ1n) is 7.87. The molecule has 2 amide bonds. The number of hydrogen-bond acceptors (Lipinski definition) is 3. The van der Waals surface area contributed by atoms with Crippen LogP contribution in [0.25, 0.3) is 0 Å². The summed E-state index contributed by atoms with van der Waals surface area (Å²) in [5.74, 6) is 0.0674. The summed E-state index contributed by atoms with van der Waals surface area (Å²) in [5.41, 5.74) is 0. The van der Waals surface area contributed by atoms with Crippen molar-refractivity contribution in [3.63, 3.8) is 0 Å². The Hall–Kier alpha value is -1.10. The monoisotopic (exact) mass is 283 g/mol. The Balaban J connectivity index is 2.06. The maximum Gasteiger partial charge on any atom is 0.234 e. The lowest BCUT2D eigenvalue weighted by Crippen LogP contribution is -2.41. The third-order valence-electron chi connectivity index (χ3n) is 3.48. The van der Waals surface area contributed by atoms with Crippen LogP contribution in [0.5, 0.6) is 0 Å². The molecule has 0 unspecified atom stereocenters. The van der Waals surface area contributed by atoms with Gasteiger partial charge in [0.1, 0.15) is 0 Å². The van der Waals surface area contributed by atoms with E-state index in [2.05, 4.69) is 16.0 Å². The molecule has 0 aromatic carbocycles. The number of carbonyl (C=O) groups excluding carboxylic acids is 2. The second-order valence-electron chi connectivity index (χ2n) is 5.90. The first kappa shape index (κ1) is 17.0. The van der Waals surface area contributed by atoms with Gasteiger partial charge in [-0.15, -0.1) is 0 Å². The molecule has 0 heterocycles. The molecule has 1 aliphatic carbocycles. The molecular weight excluding hydrogens is 254 g/mol. The molecule has 0 radical (unpaired) electrons. The van der Waals surface area contributed by atoms with Crippen LogP contribution in [0.4, 0.5) is 0 Å². The fraction of sp³-hybridized carbons (Fsp3) is 0.867. The molecule has 5 nitrogen and oxygen atoms in total. The van der Waals surface area contributed by atoms with E-state index in [4.69, 9.17) is 0 Å². The van der Waals surface area contributed by atoms with E-state index in [9.17, 15) is 9.59 Å². The lowest BCUT2D eigenvalue weighted by Gasteiger charge is -2.16. The van der Waals surface area contributed by atoms with Crippen LogP contribution in [-0.4, -0.2) is 37.0 Å². The first-order chi connectivity index (χ1) is 9.58. The van der Waals surface area contributed by atoms with E-state index in [1.165, 1.54) is 25.7 Å². The van der Waals surface area contributed by atoms with Gasteiger partial charge in [0.05, 0.1) is 6.54 Å². The molecule has 0 bridgehead atoms. The van der Waals surface area contributed by atoms with Crippen LogP contribution in [0, 0.1) is 0 Å². The molecule has 5 heteroatoms. The summed E-state index contributed by atoms with van der Waals surface area (Å²) in [6.45, 7) is 4.71. The number of nitrogens with one attached hydrogen (secondary N) is 3. The van der Waals surface area contributed by atoms with Crippen molar-refractivity contribution in [2.75, 3.05) is 13.1 Å². The molecule has 0 atom stereocenters. The van der Waals surface area contributed by atoms with Crippen LogP contribution in [-0.2, 0) is 9.59 Å². The highest BCUT2D eigenvalue weighted by Gasteiger charge is 2.14. The van der Waals surface area contributed by atoms with E-state index in [-0.39, 0.29) is 17.9 Å². The maximum absolute atomic E-state index is 11.8. The number of amides is 2. The highest BCUT2D eigenvalue weighted by atomic mass is 16.2. The smallest absolute Gasteiger partial charge is 0.234 e. The van der Waals surface area contributed by atoms with Gasteiger partial charge < -0.3 is 16.0 Å². The molecule has 116 valence electrons. The number of hydrogen-bond donors (Lipinski definition) is 3. The van der Waals surface area contributed by atoms with Gasteiger partial charge in [0.25, 0.3) is 0 Å². The fourth-order valence-electron chi connectivity index (χ4n) is 2.50. The quantitative estimate of drug-likeness (QED) is 0.487. The predicted octanol–water partition coefficient (Wildman–Crippen LogP) is 1.33. The molecule has 0 aromatic heterocycles. The predicted molar refractivity (Wildman–Crippen MR) is 80.4 cm³/mol. The second-order valence-corrected chi connectivity index (χ2v) is 5.90. The van der Waals surface area contributed by atoms with Crippen molar-refractivity contribution in [1.82, 2.24) is 16.0 Å². The normalized spacial score (nSPS) is 16.8. The Bertz CT molecular complexity index is 297. The van der Waals surface area contributed by atoms with Crippen LogP contribution in [0.15, 0.2) is 0 Å². The van der Waals surface area contributed by atoms with Crippen LogP contribution in [0.3, 0.4) is 0 Å². The largest absolute Gasteiger partial charge is 0.354 e. The molecule has 0 aliphatic heterocycles. The third-order valence-corrected chi connectivity index (χ3v) is 3.48. The lowest BCUT2D eigenvalue weighted by molar-refractivity contribution is -0.123. The molecular formula is C15H29N3O2. The van der Waals surface area contributed by atoms with Gasteiger partial charge in [-0.1, -0.05) is 25.7 Å².